The zero-order chi connectivity index (χ0) is 10.1. The van der Waals surface area contributed by atoms with Crippen LogP contribution in [-0.4, -0.2) is 13.8 Å². The third kappa shape index (κ3) is 1.49. The minimum absolute atomic E-state index is 0.382. The standard InChI is InChI=1S/C11H10BNO/c12-10-4-3-7-5-9(11(13)14)2-1-8(7)6-10/h1-6H,12H2,(H2,13,14). The Morgan fingerprint density at radius 1 is 1.07 bits per heavy atom. The van der Waals surface area contributed by atoms with Crippen LogP contribution in [0, 0.1) is 0 Å². The Labute approximate surface area is 83.1 Å². The van der Waals surface area contributed by atoms with Gasteiger partial charge in [-0.15, -0.1) is 0 Å². The zero-order valence-electron chi connectivity index (χ0n) is 7.95. The van der Waals surface area contributed by atoms with Crippen molar-refractivity contribution in [2.24, 2.45) is 5.73 Å². The lowest BCUT2D eigenvalue weighted by molar-refractivity contribution is 0.100. The van der Waals surface area contributed by atoms with Crippen LogP contribution in [0.1, 0.15) is 10.4 Å². The van der Waals surface area contributed by atoms with E-state index in [1.165, 1.54) is 5.46 Å². The summed E-state index contributed by atoms with van der Waals surface area (Å²) in [6, 6.07) is 11.6. The van der Waals surface area contributed by atoms with Gasteiger partial charge in [0.15, 0.2) is 0 Å². The fourth-order valence-corrected chi connectivity index (χ4v) is 1.52. The first-order valence-corrected chi connectivity index (χ1v) is 4.47. The lowest BCUT2D eigenvalue weighted by Gasteiger charge is -2.01. The fraction of sp³-hybridized carbons (Fsp3) is 0. The molecule has 0 unspecified atom stereocenters. The predicted molar refractivity (Wildman–Crippen MR) is 60.6 cm³/mol. The van der Waals surface area contributed by atoms with E-state index in [-0.39, 0.29) is 5.91 Å². The van der Waals surface area contributed by atoms with Crippen LogP contribution in [0.2, 0.25) is 0 Å². The minimum Gasteiger partial charge on any atom is -0.366 e. The molecule has 0 aliphatic carbocycles. The van der Waals surface area contributed by atoms with Crippen molar-refractivity contribution in [2.75, 3.05) is 0 Å². The van der Waals surface area contributed by atoms with Crippen LogP contribution < -0.4 is 11.2 Å². The largest absolute Gasteiger partial charge is 0.366 e. The van der Waals surface area contributed by atoms with E-state index in [2.05, 4.69) is 6.07 Å². The molecule has 0 heterocycles. The van der Waals surface area contributed by atoms with Crippen molar-refractivity contribution in [2.45, 2.75) is 0 Å². The number of amides is 1. The predicted octanol–water partition coefficient (Wildman–Crippen LogP) is 0.197. The van der Waals surface area contributed by atoms with Gasteiger partial charge in [-0.1, -0.05) is 29.7 Å². The Morgan fingerprint density at radius 3 is 2.43 bits per heavy atom. The van der Waals surface area contributed by atoms with Crippen molar-refractivity contribution in [3.63, 3.8) is 0 Å². The molecule has 0 spiro atoms. The first kappa shape index (κ1) is 8.82. The highest BCUT2D eigenvalue weighted by Gasteiger charge is 2.00. The number of carbonyl (C=O) groups excluding carboxylic acids is 1. The highest BCUT2D eigenvalue weighted by molar-refractivity contribution is 6.33. The summed E-state index contributed by atoms with van der Waals surface area (Å²) in [5, 5.41) is 2.18. The second kappa shape index (κ2) is 3.18. The first-order chi connectivity index (χ1) is 6.66. The summed E-state index contributed by atoms with van der Waals surface area (Å²) in [5.74, 6) is -0.382. The zero-order valence-corrected chi connectivity index (χ0v) is 7.95. The highest BCUT2D eigenvalue weighted by Crippen LogP contribution is 2.14. The smallest absolute Gasteiger partial charge is 0.248 e. The van der Waals surface area contributed by atoms with Crippen molar-refractivity contribution < 1.29 is 4.79 Å². The van der Waals surface area contributed by atoms with Crippen LogP contribution in [0.5, 0.6) is 0 Å². The van der Waals surface area contributed by atoms with Crippen molar-refractivity contribution in [1.29, 1.82) is 0 Å². The summed E-state index contributed by atoms with van der Waals surface area (Å²) in [6.07, 6.45) is 0. The first-order valence-electron chi connectivity index (χ1n) is 4.47. The lowest BCUT2D eigenvalue weighted by atomic mass is 9.93. The molecule has 0 atom stereocenters. The number of rotatable bonds is 1. The molecule has 1 amide bonds. The van der Waals surface area contributed by atoms with Gasteiger partial charge in [0, 0.05) is 5.56 Å². The van der Waals surface area contributed by atoms with Gasteiger partial charge in [0.2, 0.25) is 5.91 Å². The van der Waals surface area contributed by atoms with Crippen LogP contribution in [0.4, 0.5) is 0 Å². The summed E-state index contributed by atoms with van der Waals surface area (Å²) in [7, 11) is 2.04. The monoisotopic (exact) mass is 183 g/mol. The van der Waals surface area contributed by atoms with E-state index in [9.17, 15) is 4.79 Å². The molecule has 0 aliphatic heterocycles. The van der Waals surface area contributed by atoms with Gasteiger partial charge < -0.3 is 5.73 Å². The SMILES string of the molecule is Bc1ccc2cc(C(N)=O)ccc2c1. The van der Waals surface area contributed by atoms with Crippen LogP contribution in [-0.2, 0) is 0 Å². The second-order valence-corrected chi connectivity index (χ2v) is 3.43. The Kier molecular flexibility index (Phi) is 2.00. The van der Waals surface area contributed by atoms with E-state index in [1.54, 1.807) is 6.07 Å². The van der Waals surface area contributed by atoms with Gasteiger partial charge in [-0.05, 0) is 22.9 Å². The van der Waals surface area contributed by atoms with Crippen molar-refractivity contribution >= 4 is 30.0 Å². The van der Waals surface area contributed by atoms with E-state index in [0.717, 1.165) is 10.8 Å². The average molecular weight is 183 g/mol. The van der Waals surface area contributed by atoms with Gasteiger partial charge in [0.1, 0.15) is 7.85 Å². The summed E-state index contributed by atoms with van der Waals surface area (Å²) in [4.78, 5) is 10.9. The Bertz CT molecular complexity index is 508. The molecule has 68 valence electrons. The van der Waals surface area contributed by atoms with Gasteiger partial charge in [0.05, 0.1) is 0 Å². The maximum absolute atomic E-state index is 10.9. The number of nitrogens with two attached hydrogens (primary N) is 1. The molecule has 3 heteroatoms. The summed E-state index contributed by atoms with van der Waals surface area (Å²) in [5.41, 5.74) is 6.96. The maximum Gasteiger partial charge on any atom is 0.248 e. The molecule has 2 rings (SSSR count). The highest BCUT2D eigenvalue weighted by atomic mass is 16.1. The van der Waals surface area contributed by atoms with E-state index in [1.807, 2.05) is 32.1 Å². The molecule has 0 saturated carbocycles. The molecule has 0 saturated heterocycles. The quantitative estimate of drug-likeness (QED) is 0.630. The molecule has 2 aromatic rings. The number of hydrogen-bond acceptors (Lipinski definition) is 1. The molecule has 2 aromatic carbocycles. The molecular formula is C11H10BNO. The van der Waals surface area contributed by atoms with Gasteiger partial charge in [-0.2, -0.15) is 0 Å². The lowest BCUT2D eigenvalue weighted by Crippen LogP contribution is -2.10. The molecule has 0 aromatic heterocycles. The number of carbonyl (C=O) groups is 1. The summed E-state index contributed by atoms with van der Waals surface area (Å²) >= 11 is 0. The van der Waals surface area contributed by atoms with Crippen molar-refractivity contribution in [3.05, 3.63) is 42.0 Å². The normalized spacial score (nSPS) is 10.3. The topological polar surface area (TPSA) is 43.1 Å². The molecular weight excluding hydrogens is 173 g/mol. The van der Waals surface area contributed by atoms with E-state index >= 15 is 0 Å². The molecule has 2 N–H and O–H groups in total. The fourth-order valence-electron chi connectivity index (χ4n) is 1.52. The average Bonchev–Trinajstić information content (AvgIpc) is 2.16. The van der Waals surface area contributed by atoms with E-state index in [0.29, 0.717) is 5.56 Å². The van der Waals surface area contributed by atoms with Gasteiger partial charge in [0.25, 0.3) is 0 Å². The van der Waals surface area contributed by atoms with Crippen molar-refractivity contribution in [1.82, 2.24) is 0 Å². The molecule has 0 fully saturated rings. The summed E-state index contributed by atoms with van der Waals surface area (Å²) < 4.78 is 0. The van der Waals surface area contributed by atoms with Crippen LogP contribution in [0.15, 0.2) is 36.4 Å². The minimum atomic E-state index is -0.382. The third-order valence-corrected chi connectivity index (χ3v) is 2.28. The molecule has 0 radical (unpaired) electrons. The number of primary amides is 1. The van der Waals surface area contributed by atoms with Crippen LogP contribution in [0.25, 0.3) is 10.8 Å². The Hall–Kier alpha value is -1.77. The van der Waals surface area contributed by atoms with Gasteiger partial charge in [-0.3, -0.25) is 4.79 Å². The Balaban J connectivity index is 2.67. The summed E-state index contributed by atoms with van der Waals surface area (Å²) in [6.45, 7) is 0. The van der Waals surface area contributed by atoms with Crippen LogP contribution >= 0.6 is 0 Å². The Morgan fingerprint density at radius 2 is 1.71 bits per heavy atom. The van der Waals surface area contributed by atoms with Gasteiger partial charge in [-0.25, -0.2) is 0 Å². The number of benzene rings is 2. The number of hydrogen-bond donors (Lipinski definition) is 1. The second-order valence-electron chi connectivity index (χ2n) is 3.43. The molecule has 2 nitrogen and oxygen atoms in total. The maximum atomic E-state index is 10.9. The molecule has 14 heavy (non-hydrogen) atoms. The van der Waals surface area contributed by atoms with Crippen LogP contribution in [0.3, 0.4) is 0 Å². The molecule has 0 bridgehead atoms. The third-order valence-electron chi connectivity index (χ3n) is 2.28. The molecule has 0 aliphatic rings. The van der Waals surface area contributed by atoms with Gasteiger partial charge >= 0.3 is 0 Å². The number of fused-ring (bicyclic) bond motifs is 1. The van der Waals surface area contributed by atoms with E-state index < -0.39 is 0 Å². The van der Waals surface area contributed by atoms with Crippen molar-refractivity contribution in [3.8, 4) is 0 Å². The van der Waals surface area contributed by atoms with E-state index in [4.69, 9.17) is 5.73 Å².